The van der Waals surface area contributed by atoms with Crippen LogP contribution in [0.2, 0.25) is 0 Å². The zero-order valence-electron chi connectivity index (χ0n) is 16.0. The molecule has 1 N–H and O–H groups in total. The molecule has 2 rings (SSSR count). The molecule has 1 aromatic carbocycles. The molecule has 0 saturated heterocycles. The molecule has 7 heteroatoms. The summed E-state index contributed by atoms with van der Waals surface area (Å²) in [5.74, 6) is 0.0871. The predicted molar refractivity (Wildman–Crippen MR) is 102 cm³/mol. The van der Waals surface area contributed by atoms with Gasteiger partial charge in [0.2, 0.25) is 10.0 Å². The lowest BCUT2D eigenvalue weighted by Gasteiger charge is -2.24. The van der Waals surface area contributed by atoms with E-state index in [4.69, 9.17) is 0 Å². The number of benzene rings is 1. The van der Waals surface area contributed by atoms with Crippen molar-refractivity contribution in [1.29, 1.82) is 0 Å². The van der Waals surface area contributed by atoms with Crippen LogP contribution >= 0.6 is 0 Å². The molecule has 0 radical (unpaired) electrons. The van der Waals surface area contributed by atoms with Crippen LogP contribution in [0.5, 0.6) is 0 Å². The predicted octanol–water partition coefficient (Wildman–Crippen LogP) is 2.87. The fraction of sp³-hybridized carbons (Fsp3) is 0.421. The molecule has 0 aliphatic heterocycles. The van der Waals surface area contributed by atoms with Crippen LogP contribution in [-0.2, 0) is 16.6 Å². The third-order valence-electron chi connectivity index (χ3n) is 3.99. The molecule has 0 atom stereocenters. The highest BCUT2D eigenvalue weighted by Gasteiger charge is 2.23. The van der Waals surface area contributed by atoms with E-state index in [1.807, 2.05) is 39.0 Å². The topological polar surface area (TPSA) is 73.5 Å². The number of sulfonamides is 1. The van der Waals surface area contributed by atoms with Gasteiger partial charge in [0.15, 0.2) is 0 Å². The minimum atomic E-state index is -3.57. The van der Waals surface area contributed by atoms with Crippen molar-refractivity contribution in [3.8, 4) is 0 Å². The fourth-order valence-corrected chi connectivity index (χ4v) is 3.62. The van der Waals surface area contributed by atoms with Crippen molar-refractivity contribution >= 4 is 15.9 Å². The lowest BCUT2D eigenvalue weighted by Crippen LogP contribution is -2.34. The molecule has 6 nitrogen and oxygen atoms in total. The summed E-state index contributed by atoms with van der Waals surface area (Å²) in [7, 11) is -0.642. The molecule has 0 spiro atoms. The molecule has 0 aliphatic rings. The highest BCUT2D eigenvalue weighted by molar-refractivity contribution is 7.89. The first kappa shape index (κ1) is 20.2. The zero-order valence-corrected chi connectivity index (χ0v) is 16.8. The maximum absolute atomic E-state index is 13.0. The third-order valence-corrected chi connectivity index (χ3v) is 5.79. The molecule has 0 unspecified atom stereocenters. The molecule has 0 saturated carbocycles. The number of H-pyrrole nitrogens is 1. The molecule has 1 aromatic heterocycles. The van der Waals surface area contributed by atoms with E-state index in [9.17, 15) is 13.2 Å². The van der Waals surface area contributed by atoms with Crippen LogP contribution in [0, 0.1) is 12.8 Å². The standard InChI is InChI=1S/C19H27N3O3S/c1-14(2)12-22(13-16-8-6-7-15(3)9-16)19(23)18-10-17(11-20-18)26(24,25)21(4)5/h6-11,14,20H,12-13H2,1-5H3. The van der Waals surface area contributed by atoms with Crippen molar-refractivity contribution in [2.45, 2.75) is 32.2 Å². The number of carbonyl (C=O) groups is 1. The summed E-state index contributed by atoms with van der Waals surface area (Å²) >= 11 is 0. The van der Waals surface area contributed by atoms with Crippen LogP contribution in [0.15, 0.2) is 41.4 Å². The maximum Gasteiger partial charge on any atom is 0.270 e. The highest BCUT2D eigenvalue weighted by atomic mass is 32.2. The molecule has 142 valence electrons. The van der Waals surface area contributed by atoms with Crippen LogP contribution in [0.25, 0.3) is 0 Å². The van der Waals surface area contributed by atoms with E-state index in [-0.39, 0.29) is 16.5 Å². The average Bonchev–Trinajstić information content (AvgIpc) is 3.03. The Hall–Kier alpha value is -2.12. The molecular weight excluding hydrogens is 350 g/mol. The minimum Gasteiger partial charge on any atom is -0.356 e. The number of aryl methyl sites for hydroxylation is 1. The van der Waals surface area contributed by atoms with Gasteiger partial charge in [-0.2, -0.15) is 0 Å². The van der Waals surface area contributed by atoms with Crippen molar-refractivity contribution in [3.63, 3.8) is 0 Å². The van der Waals surface area contributed by atoms with Crippen LogP contribution in [-0.4, -0.2) is 49.2 Å². The number of aromatic amines is 1. The summed E-state index contributed by atoms with van der Waals surface area (Å²) in [4.78, 5) is 17.6. The van der Waals surface area contributed by atoms with Gasteiger partial charge in [-0.3, -0.25) is 4.79 Å². The number of rotatable bonds is 7. The minimum absolute atomic E-state index is 0.0888. The van der Waals surface area contributed by atoms with E-state index in [1.165, 1.54) is 26.4 Å². The number of nitrogens with zero attached hydrogens (tertiary/aromatic N) is 2. The lowest BCUT2D eigenvalue weighted by atomic mass is 10.1. The Morgan fingerprint density at radius 2 is 1.88 bits per heavy atom. The monoisotopic (exact) mass is 377 g/mol. The van der Waals surface area contributed by atoms with E-state index in [2.05, 4.69) is 11.1 Å². The van der Waals surface area contributed by atoms with Crippen molar-refractivity contribution < 1.29 is 13.2 Å². The molecule has 0 bridgehead atoms. The van der Waals surface area contributed by atoms with E-state index in [0.717, 1.165) is 15.4 Å². The van der Waals surface area contributed by atoms with Crippen molar-refractivity contribution in [1.82, 2.24) is 14.2 Å². The van der Waals surface area contributed by atoms with Crippen molar-refractivity contribution in [2.24, 2.45) is 5.92 Å². The zero-order chi connectivity index (χ0) is 19.5. The number of aromatic nitrogens is 1. The summed E-state index contributed by atoms with van der Waals surface area (Å²) in [6, 6.07) is 9.43. The second-order valence-electron chi connectivity index (χ2n) is 7.11. The summed E-state index contributed by atoms with van der Waals surface area (Å²) < 4.78 is 25.6. The van der Waals surface area contributed by atoms with Gasteiger partial charge in [0, 0.05) is 33.4 Å². The number of hydrogen-bond acceptors (Lipinski definition) is 3. The second kappa shape index (κ2) is 8.05. The van der Waals surface area contributed by atoms with E-state index >= 15 is 0 Å². The Balaban J connectivity index is 2.28. The Labute approximate surface area is 155 Å². The number of amides is 1. The van der Waals surface area contributed by atoms with Gasteiger partial charge in [-0.05, 0) is 24.5 Å². The van der Waals surface area contributed by atoms with Crippen molar-refractivity contribution in [2.75, 3.05) is 20.6 Å². The first-order chi connectivity index (χ1) is 12.1. The van der Waals surface area contributed by atoms with Crippen molar-refractivity contribution in [3.05, 3.63) is 53.3 Å². The Kier molecular flexibility index (Phi) is 6.26. The largest absolute Gasteiger partial charge is 0.356 e. The van der Waals surface area contributed by atoms with Gasteiger partial charge in [-0.25, -0.2) is 12.7 Å². The van der Waals surface area contributed by atoms with Gasteiger partial charge in [0.25, 0.3) is 5.91 Å². The summed E-state index contributed by atoms with van der Waals surface area (Å²) in [5, 5.41) is 0. The molecule has 0 fully saturated rings. The quantitative estimate of drug-likeness (QED) is 0.806. The smallest absolute Gasteiger partial charge is 0.270 e. The van der Waals surface area contributed by atoms with E-state index in [1.54, 1.807) is 4.90 Å². The average molecular weight is 378 g/mol. The Morgan fingerprint density at radius 1 is 1.19 bits per heavy atom. The molecule has 1 amide bonds. The SMILES string of the molecule is Cc1cccc(CN(CC(C)C)C(=O)c2cc(S(=O)(=O)N(C)C)c[nH]2)c1. The van der Waals surface area contributed by atoms with Gasteiger partial charge in [-0.15, -0.1) is 0 Å². The fourth-order valence-electron chi connectivity index (χ4n) is 2.72. The van der Waals surface area contributed by atoms with Crippen LogP contribution in [0.3, 0.4) is 0 Å². The Morgan fingerprint density at radius 3 is 2.46 bits per heavy atom. The van der Waals surface area contributed by atoms with Crippen LogP contribution in [0.4, 0.5) is 0 Å². The van der Waals surface area contributed by atoms with Gasteiger partial charge < -0.3 is 9.88 Å². The van der Waals surface area contributed by atoms with Gasteiger partial charge in [0.05, 0.1) is 0 Å². The van der Waals surface area contributed by atoms with Crippen LogP contribution < -0.4 is 0 Å². The summed E-state index contributed by atoms with van der Waals surface area (Å²) in [6.45, 7) is 7.18. The van der Waals surface area contributed by atoms with Crippen LogP contribution in [0.1, 0.15) is 35.5 Å². The van der Waals surface area contributed by atoms with E-state index in [0.29, 0.717) is 19.0 Å². The van der Waals surface area contributed by atoms with Gasteiger partial charge in [0.1, 0.15) is 10.6 Å². The van der Waals surface area contributed by atoms with E-state index < -0.39 is 10.0 Å². The first-order valence-corrected chi connectivity index (χ1v) is 10.0. The highest BCUT2D eigenvalue weighted by Crippen LogP contribution is 2.18. The molecule has 0 aliphatic carbocycles. The van der Waals surface area contributed by atoms with Gasteiger partial charge in [-0.1, -0.05) is 43.7 Å². The number of nitrogens with one attached hydrogen (secondary N) is 1. The molecule has 2 aromatic rings. The third kappa shape index (κ3) is 4.74. The molecular formula is C19H27N3O3S. The molecule has 1 heterocycles. The normalized spacial score (nSPS) is 12.0. The maximum atomic E-state index is 13.0. The first-order valence-electron chi connectivity index (χ1n) is 8.57. The Bertz CT molecular complexity index is 870. The second-order valence-corrected chi connectivity index (χ2v) is 9.26. The summed E-state index contributed by atoms with van der Waals surface area (Å²) in [6.07, 6.45) is 1.36. The number of carbonyl (C=O) groups excluding carboxylic acids is 1. The molecule has 26 heavy (non-hydrogen) atoms. The summed E-state index contributed by atoms with van der Waals surface area (Å²) in [5.41, 5.74) is 2.46. The lowest BCUT2D eigenvalue weighted by molar-refractivity contribution is 0.0717. The number of hydrogen-bond donors (Lipinski definition) is 1. The van der Waals surface area contributed by atoms with Gasteiger partial charge >= 0.3 is 0 Å².